The third-order valence-corrected chi connectivity index (χ3v) is 7.01. The van der Waals surface area contributed by atoms with Crippen molar-refractivity contribution in [2.75, 3.05) is 13.1 Å². The molecule has 7 heteroatoms. The largest absolute Gasteiger partial charge is 0.343 e. The Hall–Kier alpha value is -2.44. The second-order valence-corrected chi connectivity index (χ2v) is 8.86. The average Bonchev–Trinajstić information content (AvgIpc) is 3.28. The predicted molar refractivity (Wildman–Crippen MR) is 123 cm³/mol. The van der Waals surface area contributed by atoms with Gasteiger partial charge in [0, 0.05) is 58.6 Å². The van der Waals surface area contributed by atoms with Gasteiger partial charge in [-0.25, -0.2) is 4.98 Å². The van der Waals surface area contributed by atoms with Gasteiger partial charge in [-0.2, -0.15) is 0 Å². The summed E-state index contributed by atoms with van der Waals surface area (Å²) in [4.78, 5) is 25.0. The van der Waals surface area contributed by atoms with Crippen LogP contribution in [0.15, 0.2) is 41.5 Å². The number of rotatable bonds is 6. The van der Waals surface area contributed by atoms with Crippen molar-refractivity contribution in [2.45, 2.75) is 39.7 Å². The number of carbonyl (C=O) groups is 1. The van der Waals surface area contributed by atoms with Crippen molar-refractivity contribution < 1.29 is 4.79 Å². The molecule has 156 valence electrons. The van der Waals surface area contributed by atoms with Gasteiger partial charge in [0.15, 0.2) is 0 Å². The van der Waals surface area contributed by atoms with Crippen LogP contribution in [0.4, 0.5) is 0 Å². The number of fused-ring (bicyclic) bond motifs is 3. The van der Waals surface area contributed by atoms with E-state index in [0.29, 0.717) is 11.4 Å². The molecule has 0 aliphatic carbocycles. The second kappa shape index (κ2) is 8.74. The number of aryl methyl sites for hydroxylation is 2. The summed E-state index contributed by atoms with van der Waals surface area (Å²) in [6, 6.07) is 9.69. The zero-order valence-electron chi connectivity index (χ0n) is 17.4. The smallest absolute Gasteiger partial charge is 0.222 e. The van der Waals surface area contributed by atoms with E-state index in [-0.39, 0.29) is 11.9 Å². The molecule has 1 aliphatic rings. The van der Waals surface area contributed by atoms with Crippen molar-refractivity contribution in [2.24, 2.45) is 4.99 Å². The number of carbonyl (C=O) groups excluding carboxylic acids is 1. The zero-order valence-corrected chi connectivity index (χ0v) is 19.0. The molecule has 3 heterocycles. The molecular weight excluding hydrogens is 416 g/mol. The Morgan fingerprint density at radius 1 is 1.27 bits per heavy atom. The first-order valence-electron chi connectivity index (χ1n) is 10.3. The summed E-state index contributed by atoms with van der Waals surface area (Å²) >= 11 is 8.18. The van der Waals surface area contributed by atoms with E-state index >= 15 is 0 Å². The first-order valence-corrected chi connectivity index (χ1v) is 11.5. The maximum Gasteiger partial charge on any atom is 0.222 e. The highest BCUT2D eigenvalue weighted by Gasteiger charge is 2.27. The molecular formula is C23H25ClN4OS. The Labute approximate surface area is 186 Å². The Balaban J connectivity index is 1.67. The third-order valence-electron chi connectivity index (χ3n) is 5.47. The lowest BCUT2D eigenvalue weighted by molar-refractivity contribution is -0.130. The Kier molecular flexibility index (Phi) is 6.06. The van der Waals surface area contributed by atoms with Crippen LogP contribution in [0.2, 0.25) is 5.02 Å². The SMILES string of the molecule is CCN(CC)C(=O)CCc1cc2c(s1)-n1c(C)cnc1C(c1ccccc1Cl)N=C2. The van der Waals surface area contributed by atoms with Crippen LogP contribution >= 0.6 is 22.9 Å². The van der Waals surface area contributed by atoms with E-state index in [9.17, 15) is 4.79 Å². The molecule has 1 unspecified atom stereocenters. The fourth-order valence-electron chi connectivity index (χ4n) is 3.85. The molecule has 0 bridgehead atoms. The Bertz CT molecular complexity index is 1100. The molecule has 30 heavy (non-hydrogen) atoms. The van der Waals surface area contributed by atoms with Crippen molar-refractivity contribution in [3.05, 3.63) is 69.1 Å². The molecule has 0 spiro atoms. The Morgan fingerprint density at radius 2 is 2.03 bits per heavy atom. The van der Waals surface area contributed by atoms with Crippen LogP contribution in [0.5, 0.6) is 0 Å². The number of aliphatic imine (C=N–C) groups is 1. The highest BCUT2D eigenvalue weighted by molar-refractivity contribution is 7.15. The summed E-state index contributed by atoms with van der Waals surface area (Å²) in [6.45, 7) is 7.60. The zero-order chi connectivity index (χ0) is 21.3. The lowest BCUT2D eigenvalue weighted by Gasteiger charge is -2.18. The molecule has 1 aromatic carbocycles. The summed E-state index contributed by atoms with van der Waals surface area (Å²) in [5.41, 5.74) is 3.06. The van der Waals surface area contributed by atoms with Gasteiger partial charge in [-0.15, -0.1) is 11.3 Å². The van der Waals surface area contributed by atoms with E-state index < -0.39 is 0 Å². The van der Waals surface area contributed by atoms with Crippen LogP contribution < -0.4 is 0 Å². The number of hydrogen-bond donors (Lipinski definition) is 0. The number of aromatic nitrogens is 2. The van der Waals surface area contributed by atoms with Gasteiger partial charge >= 0.3 is 0 Å². The molecule has 0 fully saturated rings. The van der Waals surface area contributed by atoms with Crippen molar-refractivity contribution in [3.63, 3.8) is 0 Å². The molecule has 0 saturated heterocycles. The molecule has 1 amide bonds. The lowest BCUT2D eigenvalue weighted by atomic mass is 10.1. The topological polar surface area (TPSA) is 50.5 Å². The van der Waals surface area contributed by atoms with Crippen LogP contribution in [0.3, 0.4) is 0 Å². The van der Waals surface area contributed by atoms with Crippen LogP contribution in [0.1, 0.15) is 53.8 Å². The standard InChI is InChI=1S/C23H25ClN4OS/c1-4-27(5-2)20(29)11-10-17-12-16-14-25-21(18-8-6-7-9-19(18)24)22-26-13-15(3)28(22)23(16)30-17/h6-9,12-14,21H,4-5,10-11H2,1-3H3. The number of imidazole rings is 1. The van der Waals surface area contributed by atoms with Crippen LogP contribution in [0, 0.1) is 6.92 Å². The van der Waals surface area contributed by atoms with Crippen molar-refractivity contribution in [3.8, 4) is 5.00 Å². The number of amides is 1. The third kappa shape index (κ3) is 3.82. The first kappa shape index (κ1) is 20.8. The molecule has 0 radical (unpaired) electrons. The van der Waals surface area contributed by atoms with Gasteiger partial charge in [0.1, 0.15) is 16.9 Å². The van der Waals surface area contributed by atoms with Crippen LogP contribution in [-0.4, -0.2) is 39.7 Å². The van der Waals surface area contributed by atoms with Gasteiger partial charge in [-0.1, -0.05) is 29.8 Å². The summed E-state index contributed by atoms with van der Waals surface area (Å²) in [5.74, 6) is 1.07. The van der Waals surface area contributed by atoms with E-state index in [0.717, 1.165) is 47.2 Å². The van der Waals surface area contributed by atoms with E-state index in [2.05, 4.69) is 22.5 Å². The highest BCUT2D eigenvalue weighted by atomic mass is 35.5. The molecule has 2 aromatic heterocycles. The highest BCUT2D eigenvalue weighted by Crippen LogP contribution is 2.38. The maximum atomic E-state index is 12.4. The minimum absolute atomic E-state index is 0.204. The molecule has 0 saturated carbocycles. The van der Waals surface area contributed by atoms with Crippen molar-refractivity contribution in [1.29, 1.82) is 0 Å². The number of nitrogens with zero attached hydrogens (tertiary/aromatic N) is 4. The molecule has 4 rings (SSSR count). The van der Waals surface area contributed by atoms with Gasteiger partial charge in [-0.05, 0) is 39.3 Å². The first-order chi connectivity index (χ1) is 14.5. The summed E-state index contributed by atoms with van der Waals surface area (Å²) in [7, 11) is 0. The molecule has 1 aliphatic heterocycles. The van der Waals surface area contributed by atoms with Crippen molar-refractivity contribution >= 4 is 35.1 Å². The number of benzene rings is 1. The molecule has 5 nitrogen and oxygen atoms in total. The number of halogens is 1. The number of thiophene rings is 1. The van der Waals surface area contributed by atoms with Gasteiger partial charge in [0.2, 0.25) is 5.91 Å². The monoisotopic (exact) mass is 440 g/mol. The fraction of sp³-hybridized carbons (Fsp3) is 0.348. The average molecular weight is 441 g/mol. The van der Waals surface area contributed by atoms with Gasteiger partial charge in [0.05, 0.1) is 0 Å². The summed E-state index contributed by atoms with van der Waals surface area (Å²) in [5, 5.41) is 1.79. The fourth-order valence-corrected chi connectivity index (χ4v) is 5.29. The molecule has 0 N–H and O–H groups in total. The van der Waals surface area contributed by atoms with Crippen LogP contribution in [0.25, 0.3) is 5.00 Å². The Morgan fingerprint density at radius 3 is 2.77 bits per heavy atom. The van der Waals surface area contributed by atoms with Gasteiger partial charge in [-0.3, -0.25) is 14.4 Å². The van der Waals surface area contributed by atoms with E-state index in [4.69, 9.17) is 16.6 Å². The van der Waals surface area contributed by atoms with E-state index in [1.807, 2.05) is 55.4 Å². The van der Waals surface area contributed by atoms with Gasteiger partial charge < -0.3 is 4.90 Å². The summed E-state index contributed by atoms with van der Waals surface area (Å²) < 4.78 is 2.18. The molecule has 3 aromatic rings. The predicted octanol–water partition coefficient (Wildman–Crippen LogP) is 5.22. The van der Waals surface area contributed by atoms with E-state index in [1.165, 1.54) is 4.88 Å². The molecule has 1 atom stereocenters. The van der Waals surface area contributed by atoms with Crippen LogP contribution in [-0.2, 0) is 11.2 Å². The second-order valence-electron chi connectivity index (χ2n) is 7.33. The lowest BCUT2D eigenvalue weighted by Crippen LogP contribution is -2.30. The minimum atomic E-state index is -0.250. The van der Waals surface area contributed by atoms with Gasteiger partial charge in [0.25, 0.3) is 0 Å². The quantitative estimate of drug-likeness (QED) is 0.527. The minimum Gasteiger partial charge on any atom is -0.343 e. The summed E-state index contributed by atoms with van der Waals surface area (Å²) in [6.07, 6.45) is 5.06. The van der Waals surface area contributed by atoms with Crippen molar-refractivity contribution in [1.82, 2.24) is 14.5 Å². The maximum absolute atomic E-state index is 12.4. The number of hydrogen-bond acceptors (Lipinski definition) is 4. The van der Waals surface area contributed by atoms with E-state index in [1.54, 1.807) is 11.3 Å². The normalized spacial score (nSPS) is 14.9.